The van der Waals surface area contributed by atoms with Gasteiger partial charge in [-0.15, -0.1) is 0 Å². The van der Waals surface area contributed by atoms with Gasteiger partial charge < -0.3 is 9.84 Å². The van der Waals surface area contributed by atoms with Crippen LogP contribution in [0.2, 0.25) is 0 Å². The van der Waals surface area contributed by atoms with E-state index in [1.54, 1.807) is 30.7 Å². The number of nitrogens with one attached hydrogen (secondary N) is 1. The van der Waals surface area contributed by atoms with E-state index in [0.29, 0.717) is 17.4 Å². The first-order chi connectivity index (χ1) is 12.5. The normalized spacial score (nSPS) is 14.3. The van der Waals surface area contributed by atoms with E-state index in [2.05, 4.69) is 20.6 Å². The molecule has 0 saturated carbocycles. The topological polar surface area (TPSA) is 85.8 Å². The van der Waals surface area contributed by atoms with Crippen molar-refractivity contribution < 1.29 is 13.7 Å². The molecule has 0 bridgehead atoms. The number of fused-ring (bicyclic) bond motifs is 1. The molecule has 0 fully saturated rings. The highest BCUT2D eigenvalue weighted by Gasteiger charge is 2.28. The van der Waals surface area contributed by atoms with E-state index in [9.17, 15) is 9.18 Å². The summed E-state index contributed by atoms with van der Waals surface area (Å²) in [5.41, 5.74) is 3.08. The van der Waals surface area contributed by atoms with Crippen molar-refractivity contribution in [1.82, 2.24) is 25.2 Å². The second-order valence-electron chi connectivity index (χ2n) is 6.39. The second-order valence-corrected chi connectivity index (χ2v) is 6.39. The number of rotatable bonds is 4. The van der Waals surface area contributed by atoms with Gasteiger partial charge in [-0.2, -0.15) is 10.1 Å². The Labute approximate surface area is 149 Å². The number of benzene rings is 1. The Morgan fingerprint density at radius 1 is 1.31 bits per heavy atom. The number of hydrogen-bond donors (Lipinski definition) is 1. The number of amides is 1. The van der Waals surface area contributed by atoms with Gasteiger partial charge >= 0.3 is 0 Å². The molecule has 2 heterocycles. The highest BCUT2D eigenvalue weighted by atomic mass is 19.1. The number of hydrogen-bond acceptors (Lipinski definition) is 5. The van der Waals surface area contributed by atoms with Gasteiger partial charge in [0.15, 0.2) is 11.5 Å². The maximum atomic E-state index is 13.2. The van der Waals surface area contributed by atoms with E-state index in [1.807, 2.05) is 0 Å². The van der Waals surface area contributed by atoms with Gasteiger partial charge in [0.2, 0.25) is 5.89 Å². The van der Waals surface area contributed by atoms with E-state index in [0.717, 1.165) is 36.2 Å². The first-order valence-corrected chi connectivity index (χ1v) is 8.50. The van der Waals surface area contributed by atoms with E-state index in [4.69, 9.17) is 4.52 Å². The van der Waals surface area contributed by atoms with Crippen LogP contribution < -0.4 is 5.32 Å². The number of aromatic nitrogens is 4. The molecule has 1 amide bonds. The molecule has 1 aromatic carbocycles. The molecule has 26 heavy (non-hydrogen) atoms. The SMILES string of the molecule is Cc1noc(C(C)NC(=O)c2nn(-c3ccc(F)cc3)c3c2CCC3)n1. The zero-order chi connectivity index (χ0) is 18.3. The summed E-state index contributed by atoms with van der Waals surface area (Å²) in [7, 11) is 0. The van der Waals surface area contributed by atoms with Gasteiger partial charge in [-0.25, -0.2) is 9.07 Å². The van der Waals surface area contributed by atoms with E-state index >= 15 is 0 Å². The summed E-state index contributed by atoms with van der Waals surface area (Å²) in [4.78, 5) is 16.9. The molecule has 4 rings (SSSR count). The lowest BCUT2D eigenvalue weighted by molar-refractivity contribution is 0.0926. The first kappa shape index (κ1) is 16.4. The number of aryl methyl sites for hydroxylation is 1. The quantitative estimate of drug-likeness (QED) is 0.778. The lowest BCUT2D eigenvalue weighted by Gasteiger charge is -2.09. The Morgan fingerprint density at radius 3 is 2.77 bits per heavy atom. The number of carbonyl (C=O) groups excluding carboxylic acids is 1. The van der Waals surface area contributed by atoms with Crippen molar-refractivity contribution in [3.05, 3.63) is 58.7 Å². The summed E-state index contributed by atoms with van der Waals surface area (Å²) in [6.07, 6.45) is 2.60. The molecule has 0 saturated heterocycles. The average molecular weight is 355 g/mol. The van der Waals surface area contributed by atoms with Crippen LogP contribution in [-0.4, -0.2) is 25.8 Å². The fourth-order valence-electron chi connectivity index (χ4n) is 3.23. The van der Waals surface area contributed by atoms with E-state index in [-0.39, 0.29) is 11.7 Å². The van der Waals surface area contributed by atoms with Crippen molar-refractivity contribution >= 4 is 5.91 Å². The minimum atomic E-state index is -0.420. The lowest BCUT2D eigenvalue weighted by atomic mass is 10.2. The van der Waals surface area contributed by atoms with Crippen molar-refractivity contribution in [1.29, 1.82) is 0 Å². The minimum absolute atomic E-state index is 0.285. The second kappa shape index (κ2) is 6.36. The van der Waals surface area contributed by atoms with Crippen molar-refractivity contribution in [2.75, 3.05) is 0 Å². The van der Waals surface area contributed by atoms with Gasteiger partial charge in [0.1, 0.15) is 11.9 Å². The van der Waals surface area contributed by atoms with Gasteiger partial charge in [0.05, 0.1) is 5.69 Å². The molecule has 1 aliphatic rings. The zero-order valence-electron chi connectivity index (χ0n) is 14.5. The molecule has 0 radical (unpaired) electrons. The highest BCUT2D eigenvalue weighted by molar-refractivity contribution is 5.94. The number of carbonyl (C=O) groups is 1. The largest absolute Gasteiger partial charge is 0.339 e. The van der Waals surface area contributed by atoms with Crippen LogP contribution >= 0.6 is 0 Å². The maximum absolute atomic E-state index is 13.2. The third-order valence-electron chi connectivity index (χ3n) is 4.48. The van der Waals surface area contributed by atoms with Crippen LogP contribution in [0.25, 0.3) is 5.69 Å². The third kappa shape index (κ3) is 2.87. The minimum Gasteiger partial charge on any atom is -0.339 e. The van der Waals surface area contributed by atoms with Crippen molar-refractivity contribution in [2.24, 2.45) is 0 Å². The van der Waals surface area contributed by atoms with Crippen LogP contribution in [0, 0.1) is 12.7 Å². The molecule has 134 valence electrons. The Kier molecular flexibility index (Phi) is 4.02. The summed E-state index contributed by atoms with van der Waals surface area (Å²) in [6, 6.07) is 5.67. The van der Waals surface area contributed by atoms with E-state index < -0.39 is 6.04 Å². The monoisotopic (exact) mass is 355 g/mol. The molecule has 1 N–H and O–H groups in total. The van der Waals surface area contributed by atoms with Gasteiger partial charge in [0.25, 0.3) is 5.91 Å². The van der Waals surface area contributed by atoms with Crippen molar-refractivity contribution in [3.63, 3.8) is 0 Å². The lowest BCUT2D eigenvalue weighted by Crippen LogP contribution is -2.28. The zero-order valence-corrected chi connectivity index (χ0v) is 14.5. The third-order valence-corrected chi connectivity index (χ3v) is 4.48. The molecule has 1 aliphatic carbocycles. The standard InChI is InChI=1S/C18H18FN5O2/c1-10(18-21-11(2)23-26-18)20-17(25)16-14-4-3-5-15(14)24(22-16)13-8-6-12(19)7-9-13/h6-10H,3-5H2,1-2H3,(H,20,25). The molecular weight excluding hydrogens is 337 g/mol. The fraction of sp³-hybridized carbons (Fsp3) is 0.333. The average Bonchev–Trinajstić information content (AvgIpc) is 3.31. The maximum Gasteiger partial charge on any atom is 0.272 e. The summed E-state index contributed by atoms with van der Waals surface area (Å²) >= 11 is 0. The predicted molar refractivity (Wildman–Crippen MR) is 90.5 cm³/mol. The summed E-state index contributed by atoms with van der Waals surface area (Å²) in [6.45, 7) is 3.50. The van der Waals surface area contributed by atoms with Crippen LogP contribution in [0.15, 0.2) is 28.8 Å². The first-order valence-electron chi connectivity index (χ1n) is 8.50. The Hall–Kier alpha value is -3.03. The van der Waals surface area contributed by atoms with Gasteiger partial charge in [-0.05, 0) is 57.4 Å². The Balaban J connectivity index is 1.63. The summed E-state index contributed by atoms with van der Waals surface area (Å²) in [5, 5.41) is 11.1. The van der Waals surface area contributed by atoms with Gasteiger partial charge in [0, 0.05) is 11.3 Å². The molecule has 2 aromatic heterocycles. The molecule has 8 heteroatoms. The van der Waals surface area contributed by atoms with Crippen LogP contribution in [0.5, 0.6) is 0 Å². The fourth-order valence-corrected chi connectivity index (χ4v) is 3.23. The van der Waals surface area contributed by atoms with E-state index in [1.165, 1.54) is 12.1 Å². The van der Waals surface area contributed by atoms with Crippen LogP contribution in [0.4, 0.5) is 4.39 Å². The smallest absolute Gasteiger partial charge is 0.272 e. The highest BCUT2D eigenvalue weighted by Crippen LogP contribution is 2.28. The molecule has 3 aromatic rings. The molecule has 0 aliphatic heterocycles. The van der Waals surface area contributed by atoms with Crippen LogP contribution in [-0.2, 0) is 12.8 Å². The van der Waals surface area contributed by atoms with Crippen LogP contribution in [0.1, 0.15) is 52.8 Å². The number of nitrogens with zero attached hydrogens (tertiary/aromatic N) is 4. The van der Waals surface area contributed by atoms with Crippen molar-refractivity contribution in [3.8, 4) is 5.69 Å². The summed E-state index contributed by atoms with van der Waals surface area (Å²) in [5.74, 6) is 0.277. The molecule has 1 atom stereocenters. The molecule has 7 nitrogen and oxygen atoms in total. The van der Waals surface area contributed by atoms with Crippen LogP contribution in [0.3, 0.4) is 0 Å². The van der Waals surface area contributed by atoms with Gasteiger partial charge in [-0.3, -0.25) is 4.79 Å². The molecule has 0 spiro atoms. The molecule has 1 unspecified atom stereocenters. The van der Waals surface area contributed by atoms with Crippen molar-refractivity contribution in [2.45, 2.75) is 39.2 Å². The van der Waals surface area contributed by atoms with Gasteiger partial charge in [-0.1, -0.05) is 5.16 Å². The predicted octanol–water partition coefficient (Wildman–Crippen LogP) is 2.68. The Morgan fingerprint density at radius 2 is 2.08 bits per heavy atom. The Bertz CT molecular complexity index is 961. The molecular formula is C18H18FN5O2. The summed E-state index contributed by atoms with van der Waals surface area (Å²) < 4.78 is 20.0. The number of halogens is 1.